The molecule has 2 N–H and O–H groups in total. The summed E-state index contributed by atoms with van der Waals surface area (Å²) in [7, 11) is 4.14. The second-order valence-electron chi connectivity index (χ2n) is 2.86. The van der Waals surface area contributed by atoms with Crippen molar-refractivity contribution < 1.29 is 0 Å². The van der Waals surface area contributed by atoms with E-state index in [0.29, 0.717) is 6.54 Å². The van der Waals surface area contributed by atoms with Crippen molar-refractivity contribution >= 4 is 11.3 Å². The zero-order valence-corrected chi connectivity index (χ0v) is 7.82. The second kappa shape index (κ2) is 3.85. The maximum Gasteiger partial charge on any atom is 0.0273 e. The summed E-state index contributed by atoms with van der Waals surface area (Å²) in [4.78, 5) is 3.42. The van der Waals surface area contributed by atoms with Gasteiger partial charge in [0.25, 0.3) is 0 Å². The zero-order chi connectivity index (χ0) is 8.27. The van der Waals surface area contributed by atoms with E-state index in [1.165, 1.54) is 10.4 Å². The molecule has 11 heavy (non-hydrogen) atoms. The molecule has 1 heterocycles. The Labute approximate surface area is 71.6 Å². The highest BCUT2D eigenvalue weighted by Crippen LogP contribution is 2.14. The monoisotopic (exact) mass is 170 g/mol. The lowest BCUT2D eigenvalue weighted by molar-refractivity contribution is 0.403. The van der Waals surface area contributed by atoms with Gasteiger partial charge in [-0.25, -0.2) is 0 Å². The third-order valence-corrected chi connectivity index (χ3v) is 2.42. The normalized spacial score (nSPS) is 10.9. The van der Waals surface area contributed by atoms with Crippen molar-refractivity contribution in [3.63, 3.8) is 0 Å². The van der Waals surface area contributed by atoms with Crippen LogP contribution in [0.4, 0.5) is 0 Å². The molecule has 62 valence electrons. The Bertz CT molecular complexity index is 218. The van der Waals surface area contributed by atoms with Crippen molar-refractivity contribution in [2.24, 2.45) is 5.73 Å². The fourth-order valence-corrected chi connectivity index (χ4v) is 1.74. The summed E-state index contributed by atoms with van der Waals surface area (Å²) in [5, 5.41) is 2.17. The minimum atomic E-state index is 0.665. The summed E-state index contributed by atoms with van der Waals surface area (Å²) in [6.07, 6.45) is 0. The molecule has 3 heteroatoms. The molecule has 2 nitrogen and oxygen atoms in total. The van der Waals surface area contributed by atoms with Crippen molar-refractivity contribution in [1.82, 2.24) is 4.90 Å². The molecule has 0 aromatic carbocycles. The molecule has 1 aromatic rings. The number of thiophene rings is 1. The van der Waals surface area contributed by atoms with Crippen LogP contribution in [0.1, 0.15) is 10.4 Å². The SMILES string of the molecule is CN(C)Cc1csc(CN)c1. The Kier molecular flexibility index (Phi) is 3.05. The van der Waals surface area contributed by atoms with E-state index in [1.54, 1.807) is 11.3 Å². The average Bonchev–Trinajstić information content (AvgIpc) is 2.34. The lowest BCUT2D eigenvalue weighted by Crippen LogP contribution is -2.09. The van der Waals surface area contributed by atoms with Gasteiger partial charge < -0.3 is 10.6 Å². The third-order valence-electron chi connectivity index (χ3n) is 1.41. The summed E-state index contributed by atoms with van der Waals surface area (Å²) in [6.45, 7) is 1.68. The van der Waals surface area contributed by atoms with Gasteiger partial charge in [0.15, 0.2) is 0 Å². The lowest BCUT2D eigenvalue weighted by atomic mass is 10.3. The van der Waals surface area contributed by atoms with Crippen molar-refractivity contribution in [3.8, 4) is 0 Å². The van der Waals surface area contributed by atoms with Gasteiger partial charge in [-0.1, -0.05) is 0 Å². The molecule has 1 rings (SSSR count). The molecule has 0 aliphatic carbocycles. The smallest absolute Gasteiger partial charge is 0.0273 e. The van der Waals surface area contributed by atoms with E-state index in [1.807, 2.05) is 0 Å². The molecule has 0 atom stereocenters. The number of nitrogens with two attached hydrogens (primary N) is 1. The Morgan fingerprint density at radius 3 is 2.73 bits per heavy atom. The molecule has 0 amide bonds. The highest BCUT2D eigenvalue weighted by molar-refractivity contribution is 7.10. The van der Waals surface area contributed by atoms with Crippen LogP contribution in [-0.2, 0) is 13.1 Å². The zero-order valence-electron chi connectivity index (χ0n) is 7.00. The summed E-state index contributed by atoms with van der Waals surface area (Å²) >= 11 is 1.74. The molecule has 0 bridgehead atoms. The van der Waals surface area contributed by atoms with Gasteiger partial charge in [0, 0.05) is 18.0 Å². The van der Waals surface area contributed by atoms with Crippen LogP contribution in [0.15, 0.2) is 11.4 Å². The van der Waals surface area contributed by atoms with E-state index in [9.17, 15) is 0 Å². The molecule has 0 fully saturated rings. The summed E-state index contributed by atoms with van der Waals surface area (Å²) in [5.74, 6) is 0. The van der Waals surface area contributed by atoms with Crippen molar-refractivity contribution in [1.29, 1.82) is 0 Å². The van der Waals surface area contributed by atoms with E-state index < -0.39 is 0 Å². The predicted octanol–water partition coefficient (Wildman–Crippen LogP) is 1.27. The number of rotatable bonds is 3. The predicted molar refractivity (Wildman–Crippen MR) is 49.6 cm³/mol. The number of hydrogen-bond donors (Lipinski definition) is 1. The highest BCUT2D eigenvalue weighted by Gasteiger charge is 1.98. The molecule has 1 aromatic heterocycles. The Balaban J connectivity index is 2.58. The first-order valence-electron chi connectivity index (χ1n) is 3.63. The molecular weight excluding hydrogens is 156 g/mol. The van der Waals surface area contributed by atoms with Gasteiger partial charge in [-0.2, -0.15) is 0 Å². The number of hydrogen-bond acceptors (Lipinski definition) is 3. The van der Waals surface area contributed by atoms with Crippen LogP contribution < -0.4 is 5.73 Å². The fourth-order valence-electron chi connectivity index (χ4n) is 0.981. The van der Waals surface area contributed by atoms with Crippen LogP contribution in [0.25, 0.3) is 0 Å². The Morgan fingerprint density at radius 1 is 1.55 bits per heavy atom. The average molecular weight is 170 g/mol. The Hall–Kier alpha value is -0.380. The molecule has 0 saturated heterocycles. The van der Waals surface area contributed by atoms with E-state index in [0.717, 1.165) is 6.54 Å². The molecule has 0 aliphatic heterocycles. The van der Waals surface area contributed by atoms with Gasteiger partial charge in [-0.05, 0) is 31.1 Å². The van der Waals surface area contributed by atoms with Crippen LogP contribution in [-0.4, -0.2) is 19.0 Å². The molecule has 0 saturated carbocycles. The van der Waals surface area contributed by atoms with Gasteiger partial charge in [0.1, 0.15) is 0 Å². The van der Waals surface area contributed by atoms with E-state index in [4.69, 9.17) is 5.73 Å². The first-order valence-corrected chi connectivity index (χ1v) is 4.51. The minimum absolute atomic E-state index is 0.665. The van der Waals surface area contributed by atoms with Crippen LogP contribution in [0, 0.1) is 0 Å². The summed E-state index contributed by atoms with van der Waals surface area (Å²) < 4.78 is 0. The molecule has 0 radical (unpaired) electrons. The van der Waals surface area contributed by atoms with Crippen LogP contribution in [0.5, 0.6) is 0 Å². The van der Waals surface area contributed by atoms with E-state index >= 15 is 0 Å². The van der Waals surface area contributed by atoms with Crippen LogP contribution >= 0.6 is 11.3 Å². The molecular formula is C8H14N2S. The lowest BCUT2D eigenvalue weighted by Gasteiger charge is -2.06. The third kappa shape index (κ3) is 2.61. The summed E-state index contributed by atoms with van der Waals surface area (Å²) in [5.41, 5.74) is 6.85. The molecule has 0 aliphatic rings. The first-order chi connectivity index (χ1) is 5.22. The van der Waals surface area contributed by atoms with E-state index in [-0.39, 0.29) is 0 Å². The minimum Gasteiger partial charge on any atom is -0.326 e. The van der Waals surface area contributed by atoms with Crippen molar-refractivity contribution in [3.05, 3.63) is 21.9 Å². The first kappa shape index (κ1) is 8.71. The highest BCUT2D eigenvalue weighted by atomic mass is 32.1. The second-order valence-corrected chi connectivity index (χ2v) is 3.86. The molecule has 0 spiro atoms. The van der Waals surface area contributed by atoms with Gasteiger partial charge in [0.05, 0.1) is 0 Å². The van der Waals surface area contributed by atoms with Gasteiger partial charge in [-0.3, -0.25) is 0 Å². The molecule has 0 unspecified atom stereocenters. The quantitative estimate of drug-likeness (QED) is 0.740. The van der Waals surface area contributed by atoms with Gasteiger partial charge >= 0.3 is 0 Å². The fraction of sp³-hybridized carbons (Fsp3) is 0.500. The summed E-state index contributed by atoms with van der Waals surface area (Å²) in [6, 6.07) is 2.17. The maximum absolute atomic E-state index is 5.49. The van der Waals surface area contributed by atoms with E-state index in [2.05, 4.69) is 30.4 Å². The maximum atomic E-state index is 5.49. The largest absolute Gasteiger partial charge is 0.326 e. The van der Waals surface area contributed by atoms with Crippen molar-refractivity contribution in [2.75, 3.05) is 14.1 Å². The Morgan fingerprint density at radius 2 is 2.27 bits per heavy atom. The van der Waals surface area contributed by atoms with Crippen molar-refractivity contribution in [2.45, 2.75) is 13.1 Å². The standard InChI is InChI=1S/C8H14N2S/c1-10(2)5-7-3-8(4-9)11-6-7/h3,6H,4-5,9H2,1-2H3. The van der Waals surface area contributed by atoms with Crippen LogP contribution in [0.2, 0.25) is 0 Å². The van der Waals surface area contributed by atoms with Crippen LogP contribution in [0.3, 0.4) is 0 Å². The topological polar surface area (TPSA) is 29.3 Å². The van der Waals surface area contributed by atoms with Gasteiger partial charge in [0.2, 0.25) is 0 Å². The van der Waals surface area contributed by atoms with Gasteiger partial charge in [-0.15, -0.1) is 11.3 Å². The number of nitrogens with zero attached hydrogens (tertiary/aromatic N) is 1.